The van der Waals surface area contributed by atoms with Crippen molar-refractivity contribution in [1.29, 1.82) is 0 Å². The smallest absolute Gasteiger partial charge is 0.344 e. The van der Waals surface area contributed by atoms with Gasteiger partial charge in [-0.3, -0.25) is 55.1 Å². The van der Waals surface area contributed by atoms with E-state index in [-0.39, 0.29) is 16.9 Å². The summed E-state index contributed by atoms with van der Waals surface area (Å²) in [4.78, 5) is 64.9. The van der Waals surface area contributed by atoms with Gasteiger partial charge in [0.25, 0.3) is 38.6 Å². The molecule has 0 spiro atoms. The van der Waals surface area contributed by atoms with E-state index >= 15 is 0 Å². The number of nitro benzene ring substituents is 5. The highest BCUT2D eigenvalue weighted by Gasteiger charge is 2.44. The topological polar surface area (TPSA) is 432 Å². The van der Waals surface area contributed by atoms with Crippen LogP contribution in [0, 0.1) is 91.6 Å². The average molecular weight is 799 g/mol. The molecular weight excluding hydrogens is 769 g/mol. The van der Waals surface area contributed by atoms with Crippen molar-refractivity contribution in [3.8, 4) is 0 Å². The molecule has 6 N–H and O–H groups in total. The molecular formula is C22H25F3N8O19S. The summed E-state index contributed by atoms with van der Waals surface area (Å²) in [7, 11) is -5.84. The lowest BCUT2D eigenvalue weighted by atomic mass is 10.1. The van der Waals surface area contributed by atoms with Crippen molar-refractivity contribution in [2.45, 2.75) is 26.3 Å². The van der Waals surface area contributed by atoms with Gasteiger partial charge in [0.1, 0.15) is 8.39 Å². The maximum Gasteiger partial charge on any atom is 0.522 e. The molecule has 0 aliphatic carbocycles. The molecule has 0 unspecified atom stereocenters. The fraction of sp³-hybridized carbons (Fsp3) is 0.182. The Morgan fingerprint density at radius 1 is 0.623 bits per heavy atom. The van der Waals surface area contributed by atoms with Crippen molar-refractivity contribution < 1.29 is 74.2 Å². The molecule has 3 aromatic carbocycles. The number of halogens is 3. The quantitative estimate of drug-likeness (QED) is 0.109. The van der Waals surface area contributed by atoms with Crippen LogP contribution in [0.2, 0.25) is 2.82 Å². The van der Waals surface area contributed by atoms with Gasteiger partial charge in [-0.15, -0.1) is 20.2 Å². The first kappa shape index (κ1) is 47.8. The predicted octanol–water partition coefficient (Wildman–Crippen LogP) is 5.39. The molecule has 294 valence electrons. The molecule has 27 nitrogen and oxygen atoms in total. The molecule has 31 heteroatoms. The highest BCUT2D eigenvalue weighted by atomic mass is 32.2. The highest BCUT2D eigenvalue weighted by Crippen LogP contribution is 2.32. The normalized spacial score (nSPS) is 9.87. The Morgan fingerprint density at radius 3 is 1.15 bits per heavy atom. The molecule has 3 rings (SSSR count). The number of benzene rings is 3. The van der Waals surface area contributed by atoms with E-state index in [0.29, 0.717) is 17.7 Å². The zero-order valence-electron chi connectivity index (χ0n) is 28.3. The molecule has 0 aromatic heterocycles. The van der Waals surface area contributed by atoms with Crippen LogP contribution in [0.3, 0.4) is 0 Å². The number of nitrogens with zero attached hydrogens (tertiary/aromatic N) is 7. The van der Waals surface area contributed by atoms with Crippen LogP contribution in [0.15, 0.2) is 60.7 Å². The van der Waals surface area contributed by atoms with E-state index in [2.05, 4.69) is 19.1 Å². The third-order valence-electron chi connectivity index (χ3n) is 4.78. The molecule has 0 atom stereocenters. The minimum atomic E-state index is -5.84. The number of hydrogen-bond acceptors (Lipinski definition) is 17. The van der Waals surface area contributed by atoms with Crippen LogP contribution in [0.1, 0.15) is 16.7 Å². The third kappa shape index (κ3) is 23.7. The maximum atomic E-state index is 10.7. The van der Waals surface area contributed by atoms with Gasteiger partial charge >= 0.3 is 15.6 Å². The van der Waals surface area contributed by atoms with Gasteiger partial charge in [-0.25, -0.2) is 0 Å². The molecule has 0 saturated carbocycles. The van der Waals surface area contributed by atoms with Crippen LogP contribution in [-0.4, -0.2) is 63.7 Å². The molecule has 0 aliphatic rings. The van der Waals surface area contributed by atoms with Crippen LogP contribution >= 0.6 is 0 Å². The van der Waals surface area contributed by atoms with Crippen LogP contribution in [0.25, 0.3) is 0 Å². The fourth-order valence-electron chi connectivity index (χ4n) is 2.60. The van der Waals surface area contributed by atoms with Crippen molar-refractivity contribution >= 4 is 38.6 Å². The minimum absolute atomic E-state index is 0.208. The predicted molar refractivity (Wildman–Crippen MR) is 167 cm³/mol. The Bertz CT molecular complexity index is 1840. The first-order chi connectivity index (χ1) is 24.9. The summed E-state index contributed by atoms with van der Waals surface area (Å²) in [6.45, 7) is 4.78. The van der Waals surface area contributed by atoms with E-state index in [9.17, 15) is 63.7 Å². The van der Waals surface area contributed by atoms with Gasteiger partial charge in [0.05, 0.1) is 42.8 Å². The zero-order valence-corrected chi connectivity index (χ0v) is 27.1. The van der Waals surface area contributed by atoms with Crippen LogP contribution in [0.5, 0.6) is 0 Å². The lowest BCUT2D eigenvalue weighted by molar-refractivity contribution is -0.742. The summed E-state index contributed by atoms with van der Waals surface area (Å²) in [5.41, 5.74) is -6.46. The van der Waals surface area contributed by atoms with E-state index in [1.54, 1.807) is 0 Å². The van der Waals surface area contributed by atoms with Gasteiger partial charge in [0.2, 0.25) is 0 Å². The number of hydrogen-bond donors (Lipinski definition) is 4. The Morgan fingerprint density at radius 2 is 0.925 bits per heavy atom. The van der Waals surface area contributed by atoms with Gasteiger partial charge < -0.3 is 16.6 Å². The van der Waals surface area contributed by atoms with Crippen LogP contribution < -0.4 is 6.14 Å². The lowest BCUT2D eigenvalue weighted by Crippen LogP contribution is -2.21. The number of aryl methyl sites for hydroxylation is 2. The van der Waals surface area contributed by atoms with Crippen molar-refractivity contribution in [3.05, 3.63) is 148 Å². The molecule has 3 aromatic rings. The molecule has 0 saturated heterocycles. The summed E-state index contributed by atoms with van der Waals surface area (Å²) in [5, 5.41) is 79.4. The molecule has 53 heavy (non-hydrogen) atoms. The molecule has 0 radical (unpaired) electrons. The van der Waals surface area contributed by atoms with Crippen molar-refractivity contribution in [2.75, 3.05) is 0 Å². The Hall–Kier alpha value is -7.28. The van der Waals surface area contributed by atoms with Crippen molar-refractivity contribution in [3.63, 3.8) is 0 Å². The first-order valence-electron chi connectivity index (χ1n) is 13.2. The van der Waals surface area contributed by atoms with Gasteiger partial charge in [0, 0.05) is 11.6 Å². The monoisotopic (exact) mass is 798 g/mol. The van der Waals surface area contributed by atoms with E-state index in [0.717, 1.165) is 6.07 Å². The standard InChI is InChI=1S/C7H5N3O6.C7H6N2O4.C7H8.CHF3O3S.2HNO3.H3N/c1-4-6(9(13)14)2-5(8(11)12)3-7(4)10(15)16;1-5-2-3-6(8(10)11)4-7(5)9(12)13;1-7-5-3-2-4-6-7;2-1(3,4)8(5,6)7;2*2-1(3)4;/h2-3H,1H3;2-4H,1H3;2-6H,1H3;(H,5,6,7);2*(H,2,3,4);1H3/i/hT2. The van der Waals surface area contributed by atoms with Gasteiger partial charge in [0.15, 0.2) is 0 Å². The lowest BCUT2D eigenvalue weighted by Gasteiger charge is -1.99. The van der Waals surface area contributed by atoms with Gasteiger partial charge in [-0.05, 0) is 26.8 Å². The summed E-state index contributed by atoms with van der Waals surface area (Å²) in [6.07, 6.45) is 1.25. The summed E-state index contributed by atoms with van der Waals surface area (Å²) < 4.78 is 68.8. The Kier molecular flexibility index (Phi) is 21.6. The van der Waals surface area contributed by atoms with E-state index in [1.165, 1.54) is 37.7 Å². The molecule has 0 aliphatic heterocycles. The molecule has 0 heterocycles. The van der Waals surface area contributed by atoms with Crippen molar-refractivity contribution in [2.24, 2.45) is 0 Å². The fourth-order valence-corrected chi connectivity index (χ4v) is 2.60. The van der Waals surface area contributed by atoms with E-state index in [4.69, 9.17) is 46.4 Å². The summed E-state index contributed by atoms with van der Waals surface area (Å²) >= 11 is 0. The van der Waals surface area contributed by atoms with Crippen LogP contribution in [0.4, 0.5) is 41.6 Å². The van der Waals surface area contributed by atoms with E-state index < -0.39 is 67.5 Å². The number of rotatable bonds is 5. The average Bonchev–Trinajstić information content (AvgIpc) is 3.01. The Balaban J connectivity index is -0.000000299. The largest absolute Gasteiger partial charge is 0.522 e. The first-order valence-corrected chi connectivity index (χ1v) is 13.6. The Labute approximate surface area is 293 Å². The highest BCUT2D eigenvalue weighted by molar-refractivity contribution is 7.86. The number of non-ortho nitro benzene ring substituents is 2. The molecule has 0 amide bonds. The molecule has 0 bridgehead atoms. The number of nitro groups is 5. The second-order valence-electron chi connectivity index (χ2n) is 8.42. The van der Waals surface area contributed by atoms with Crippen LogP contribution in [-0.2, 0) is 10.1 Å². The molecule has 0 fully saturated rings. The van der Waals surface area contributed by atoms with Gasteiger partial charge in [-0.1, -0.05) is 35.9 Å². The maximum absolute atomic E-state index is 10.7. The zero-order chi connectivity index (χ0) is 44.4. The summed E-state index contributed by atoms with van der Waals surface area (Å²) in [5.74, 6) is 0. The van der Waals surface area contributed by atoms with Gasteiger partial charge in [-0.2, -0.15) is 21.6 Å². The second kappa shape index (κ2) is 24.0. The number of alkyl halides is 3. The third-order valence-corrected chi connectivity index (χ3v) is 5.36. The SMILES string of the molecule is Cc1c([N+](=O)[O-])cc([N+](=O)[O-])cc1[N+](=O)[O-].Cc1ccc([N+](=O)[O-])cc1[N+](=O)[O-].Cc1ccccc1.O=S(=O)(O)C(F)(F)F.O=[N+]([O-])O.O=[N+]([O-])O.[3H]N[3H]. The summed E-state index contributed by atoms with van der Waals surface area (Å²) in [6, 6.07) is 15.2. The van der Waals surface area contributed by atoms with E-state index in [1.807, 2.05) is 18.2 Å². The van der Waals surface area contributed by atoms with Crippen molar-refractivity contribution in [1.82, 2.24) is 6.14 Å². The second-order valence-corrected chi connectivity index (χ2v) is 9.83. The minimum Gasteiger partial charge on any atom is -0.344 e.